The highest BCUT2D eigenvalue weighted by Crippen LogP contribution is 2.62. The van der Waals surface area contributed by atoms with Gasteiger partial charge in [0.1, 0.15) is 0 Å². The first-order chi connectivity index (χ1) is 30.1. The quantitative estimate of drug-likeness (QED) is 0.168. The summed E-state index contributed by atoms with van der Waals surface area (Å²) in [4.78, 5) is 2.49. The molecule has 1 spiro atoms. The van der Waals surface area contributed by atoms with E-state index in [9.17, 15) is 0 Å². The molecule has 9 aromatic carbocycles. The lowest BCUT2D eigenvalue weighted by molar-refractivity contribution is 0.595. The van der Waals surface area contributed by atoms with E-state index in [1.54, 1.807) is 0 Å². The van der Waals surface area contributed by atoms with Crippen LogP contribution in [0, 0.1) is 0 Å². The zero-order valence-corrected chi connectivity index (χ0v) is 34.1. The largest absolute Gasteiger partial charge is 0.311 e. The maximum atomic E-state index is 2.53. The van der Waals surface area contributed by atoms with Gasteiger partial charge in [0.05, 0.1) is 5.41 Å². The second-order valence-electron chi connectivity index (χ2n) is 17.1. The van der Waals surface area contributed by atoms with Crippen LogP contribution in [0.1, 0.15) is 41.2 Å². The van der Waals surface area contributed by atoms with Gasteiger partial charge in [0, 0.05) is 22.5 Å². The van der Waals surface area contributed by atoms with Gasteiger partial charge in [-0.3, -0.25) is 0 Å². The predicted octanol–water partition coefficient (Wildman–Crippen LogP) is 15.5. The lowest BCUT2D eigenvalue weighted by atomic mass is 9.65. The molecular weight excluding hydrogens is 735 g/mol. The number of nitrogens with zero attached hydrogens (tertiary/aromatic N) is 1. The molecule has 0 saturated carbocycles. The van der Waals surface area contributed by atoms with Gasteiger partial charge in [-0.25, -0.2) is 0 Å². The van der Waals surface area contributed by atoms with E-state index in [1.807, 2.05) is 0 Å². The molecule has 12 rings (SSSR count). The van der Waals surface area contributed by atoms with Gasteiger partial charge >= 0.3 is 0 Å². The lowest BCUT2D eigenvalue weighted by Gasteiger charge is -2.37. The summed E-state index contributed by atoms with van der Waals surface area (Å²) >= 11 is 0. The Bertz CT molecular complexity index is 3240. The van der Waals surface area contributed by atoms with Gasteiger partial charge in [0.2, 0.25) is 0 Å². The van der Waals surface area contributed by atoms with Crippen molar-refractivity contribution in [2.45, 2.75) is 24.2 Å². The van der Waals surface area contributed by atoms with E-state index >= 15 is 0 Å². The van der Waals surface area contributed by atoms with Crippen LogP contribution in [0.3, 0.4) is 0 Å². The SMILES string of the molecule is CC1(c2ccccc2)C=CC(N(c2cccc(-c3ccccc3)c2)c2ccc3c(c2)C2(c4ccccc4-c4ccccc4-3)c3ccccc3-c3cc4ccccc4cc32)=CC1. The molecule has 0 aromatic heterocycles. The van der Waals surface area contributed by atoms with E-state index in [0.29, 0.717) is 0 Å². The summed E-state index contributed by atoms with van der Waals surface area (Å²) in [5.41, 5.74) is 19.4. The van der Waals surface area contributed by atoms with Crippen LogP contribution in [0.4, 0.5) is 11.4 Å². The minimum absolute atomic E-state index is 0.104. The average Bonchev–Trinajstić information content (AvgIpc) is 3.55. The summed E-state index contributed by atoms with van der Waals surface area (Å²) < 4.78 is 0. The van der Waals surface area contributed by atoms with Gasteiger partial charge in [-0.1, -0.05) is 195 Å². The molecule has 288 valence electrons. The molecule has 0 fully saturated rings. The molecule has 2 atom stereocenters. The zero-order valence-electron chi connectivity index (χ0n) is 34.1. The van der Waals surface area contributed by atoms with Gasteiger partial charge in [-0.15, -0.1) is 0 Å². The maximum Gasteiger partial charge on any atom is 0.0726 e. The normalized spacial score (nSPS) is 18.0. The number of allylic oxidation sites excluding steroid dienone is 3. The van der Waals surface area contributed by atoms with Gasteiger partial charge in [0.25, 0.3) is 0 Å². The Morgan fingerprint density at radius 2 is 0.934 bits per heavy atom. The number of hydrogen-bond donors (Lipinski definition) is 0. The van der Waals surface area contributed by atoms with Crippen LogP contribution in [-0.4, -0.2) is 0 Å². The van der Waals surface area contributed by atoms with Crippen LogP contribution in [0.5, 0.6) is 0 Å². The number of anilines is 2. The molecule has 9 aromatic rings. The van der Waals surface area contributed by atoms with Crippen molar-refractivity contribution in [3.8, 4) is 44.5 Å². The lowest BCUT2D eigenvalue weighted by Crippen LogP contribution is -2.30. The average molecular weight is 778 g/mol. The molecule has 3 aliphatic carbocycles. The molecule has 0 aliphatic heterocycles. The molecule has 3 aliphatic rings. The van der Waals surface area contributed by atoms with Crippen molar-refractivity contribution in [3.05, 3.63) is 264 Å². The van der Waals surface area contributed by atoms with Crippen LogP contribution in [0.25, 0.3) is 55.3 Å². The Hall–Kier alpha value is -7.48. The number of hydrogen-bond acceptors (Lipinski definition) is 1. The van der Waals surface area contributed by atoms with Crippen LogP contribution in [-0.2, 0) is 10.8 Å². The summed E-state index contributed by atoms with van der Waals surface area (Å²) in [5.74, 6) is 0. The highest BCUT2D eigenvalue weighted by Gasteiger charge is 2.50. The van der Waals surface area contributed by atoms with Crippen molar-refractivity contribution in [1.82, 2.24) is 0 Å². The molecule has 2 unspecified atom stereocenters. The first-order valence-electron chi connectivity index (χ1n) is 21.5. The number of fused-ring (bicyclic) bond motifs is 13. The van der Waals surface area contributed by atoms with E-state index in [1.165, 1.54) is 88.8 Å². The third-order valence-corrected chi connectivity index (χ3v) is 13.7. The molecule has 1 heteroatoms. The Labute approximate surface area is 358 Å². The monoisotopic (exact) mass is 777 g/mol. The smallest absolute Gasteiger partial charge is 0.0726 e. The van der Waals surface area contributed by atoms with Crippen molar-refractivity contribution in [3.63, 3.8) is 0 Å². The van der Waals surface area contributed by atoms with Crippen LogP contribution >= 0.6 is 0 Å². The summed E-state index contributed by atoms with van der Waals surface area (Å²) in [6.45, 7) is 2.35. The fourth-order valence-electron chi connectivity index (χ4n) is 10.7. The molecule has 0 N–H and O–H groups in total. The van der Waals surface area contributed by atoms with E-state index < -0.39 is 5.41 Å². The van der Waals surface area contributed by atoms with Gasteiger partial charge < -0.3 is 4.90 Å². The third-order valence-electron chi connectivity index (χ3n) is 13.7. The van der Waals surface area contributed by atoms with Crippen LogP contribution in [0.15, 0.2) is 236 Å². The second kappa shape index (κ2) is 13.8. The van der Waals surface area contributed by atoms with E-state index in [0.717, 1.165) is 17.8 Å². The number of rotatable bonds is 5. The molecule has 1 nitrogen and oxygen atoms in total. The van der Waals surface area contributed by atoms with E-state index in [4.69, 9.17) is 0 Å². The predicted molar refractivity (Wildman–Crippen MR) is 255 cm³/mol. The summed E-state index contributed by atoms with van der Waals surface area (Å²) in [5, 5.41) is 2.51. The van der Waals surface area contributed by atoms with Gasteiger partial charge in [-0.2, -0.15) is 0 Å². The molecule has 0 heterocycles. The van der Waals surface area contributed by atoms with Crippen LogP contribution < -0.4 is 4.90 Å². The maximum absolute atomic E-state index is 2.53. The van der Waals surface area contributed by atoms with Crippen molar-refractivity contribution < 1.29 is 0 Å². The first-order valence-corrected chi connectivity index (χ1v) is 21.5. The fraction of sp³-hybridized carbons (Fsp3) is 0.0667. The number of benzene rings is 9. The summed E-state index contributed by atoms with van der Waals surface area (Å²) in [6, 6.07) is 79.2. The van der Waals surface area contributed by atoms with E-state index in [-0.39, 0.29) is 5.41 Å². The molecule has 0 amide bonds. The zero-order chi connectivity index (χ0) is 40.5. The molecule has 61 heavy (non-hydrogen) atoms. The van der Waals surface area contributed by atoms with Gasteiger partial charge in [-0.05, 0) is 132 Å². The Morgan fingerprint density at radius 3 is 1.62 bits per heavy atom. The minimum atomic E-state index is -0.600. The van der Waals surface area contributed by atoms with Gasteiger partial charge in [0.15, 0.2) is 0 Å². The van der Waals surface area contributed by atoms with Crippen LogP contribution in [0.2, 0.25) is 0 Å². The molecule has 0 radical (unpaired) electrons. The third kappa shape index (κ3) is 5.40. The standard InChI is InChI=1S/C60H43N/c1-59(45-22-6-3-7-23-45)35-33-46(34-36-59)61(47-24-16-21-42(37-47)41-17-4-2-5-18-41)48-31-32-53-50-26-11-10-25-49(50)51-27-12-14-29-55(51)60(58(53)40-48)56-30-15-13-28-52(56)54-38-43-19-8-9-20-44(43)39-57(54)60/h2-35,37-40H,36H2,1H3. The molecule has 0 saturated heterocycles. The molecule has 0 bridgehead atoms. The Balaban J connectivity index is 1.15. The second-order valence-corrected chi connectivity index (χ2v) is 17.1. The first kappa shape index (κ1) is 35.5. The fourth-order valence-corrected chi connectivity index (χ4v) is 10.7. The summed E-state index contributed by atoms with van der Waals surface area (Å²) in [7, 11) is 0. The highest BCUT2D eigenvalue weighted by molar-refractivity contribution is 6.01. The van der Waals surface area contributed by atoms with Crippen molar-refractivity contribution in [2.24, 2.45) is 0 Å². The van der Waals surface area contributed by atoms with E-state index in [2.05, 4.69) is 242 Å². The Morgan fingerprint density at radius 1 is 0.393 bits per heavy atom. The highest BCUT2D eigenvalue weighted by atomic mass is 15.1. The topological polar surface area (TPSA) is 3.24 Å². The minimum Gasteiger partial charge on any atom is -0.311 e. The molecular formula is C60H43N. The van der Waals surface area contributed by atoms with Crippen molar-refractivity contribution in [1.29, 1.82) is 0 Å². The summed E-state index contributed by atoms with van der Waals surface area (Å²) in [6.07, 6.45) is 8.10. The van der Waals surface area contributed by atoms with Crippen molar-refractivity contribution >= 4 is 22.1 Å². The van der Waals surface area contributed by atoms with Crippen molar-refractivity contribution in [2.75, 3.05) is 4.90 Å². The Kier molecular flexibility index (Phi) is 8.02.